The van der Waals surface area contributed by atoms with Crippen molar-refractivity contribution in [2.45, 2.75) is 38.8 Å². The van der Waals surface area contributed by atoms with Crippen molar-refractivity contribution < 1.29 is 18.8 Å². The Morgan fingerprint density at radius 2 is 2.04 bits per heavy atom. The predicted octanol–water partition coefficient (Wildman–Crippen LogP) is 1.72. The quantitative estimate of drug-likeness (QED) is 0.829. The first-order valence-corrected chi connectivity index (χ1v) is 8.58. The maximum atomic E-state index is 14.1. The lowest BCUT2D eigenvalue weighted by Crippen LogP contribution is -2.46. The molecule has 8 heteroatoms. The summed E-state index contributed by atoms with van der Waals surface area (Å²) in [6.45, 7) is 4.05. The fraction of sp³-hybridized carbons (Fsp3) is 0.471. The lowest BCUT2D eigenvalue weighted by molar-refractivity contribution is -0.125. The van der Waals surface area contributed by atoms with E-state index in [1.165, 1.54) is 17.0 Å². The number of rotatable bonds is 5. The van der Waals surface area contributed by atoms with Crippen molar-refractivity contribution in [3.8, 4) is 0 Å². The summed E-state index contributed by atoms with van der Waals surface area (Å²) in [7, 11) is 0. The standard InChI is InChI=1S/C17H21ClFN3O3/c1-3-15(23)21-11-8-14(16(24)20-4-2)22(9-11)17(25)12-6-5-10(18)7-13(12)19/h5-7,11,14H,3-4,8-9H2,1-2H3,(H,20,24)(H,21,23). The van der Waals surface area contributed by atoms with Gasteiger partial charge < -0.3 is 15.5 Å². The Labute approximate surface area is 150 Å². The molecule has 1 heterocycles. The highest BCUT2D eigenvalue weighted by Gasteiger charge is 2.40. The predicted molar refractivity (Wildman–Crippen MR) is 91.8 cm³/mol. The van der Waals surface area contributed by atoms with Crippen molar-refractivity contribution in [1.29, 1.82) is 0 Å². The summed E-state index contributed by atoms with van der Waals surface area (Å²) in [5.74, 6) is -1.82. The molecule has 2 rings (SSSR count). The number of nitrogens with one attached hydrogen (secondary N) is 2. The minimum absolute atomic E-state index is 0.147. The van der Waals surface area contributed by atoms with Crippen molar-refractivity contribution >= 4 is 29.3 Å². The second kappa shape index (κ2) is 8.29. The topological polar surface area (TPSA) is 78.5 Å². The molecular weight excluding hydrogens is 349 g/mol. The highest BCUT2D eigenvalue weighted by molar-refractivity contribution is 6.30. The molecule has 0 saturated carbocycles. The molecule has 1 aliphatic heterocycles. The van der Waals surface area contributed by atoms with Gasteiger partial charge in [0.05, 0.1) is 5.56 Å². The molecule has 1 fully saturated rings. The van der Waals surface area contributed by atoms with Gasteiger partial charge in [0.2, 0.25) is 11.8 Å². The summed E-state index contributed by atoms with van der Waals surface area (Å²) >= 11 is 5.72. The van der Waals surface area contributed by atoms with Crippen LogP contribution in [0.4, 0.5) is 4.39 Å². The summed E-state index contributed by atoms with van der Waals surface area (Å²) in [6.07, 6.45) is 0.598. The number of halogens is 2. The third-order valence-corrected chi connectivity index (χ3v) is 4.30. The molecule has 2 atom stereocenters. The number of likely N-dealkylation sites (tertiary alicyclic amines) is 1. The lowest BCUT2D eigenvalue weighted by atomic mass is 10.1. The van der Waals surface area contributed by atoms with Gasteiger partial charge in [-0.05, 0) is 31.5 Å². The van der Waals surface area contributed by atoms with E-state index >= 15 is 0 Å². The average molecular weight is 370 g/mol. The largest absolute Gasteiger partial charge is 0.355 e. The van der Waals surface area contributed by atoms with Gasteiger partial charge in [0, 0.05) is 30.6 Å². The fourth-order valence-electron chi connectivity index (χ4n) is 2.85. The van der Waals surface area contributed by atoms with Crippen molar-refractivity contribution in [1.82, 2.24) is 15.5 Å². The molecule has 1 aromatic carbocycles. The molecular formula is C17H21ClFN3O3. The van der Waals surface area contributed by atoms with Crippen LogP contribution in [0, 0.1) is 5.82 Å². The SMILES string of the molecule is CCNC(=O)C1CC(NC(=O)CC)CN1C(=O)c1ccc(Cl)cc1F. The first kappa shape index (κ1) is 19.2. The van der Waals surface area contributed by atoms with E-state index < -0.39 is 17.8 Å². The zero-order valence-electron chi connectivity index (χ0n) is 14.1. The number of carbonyl (C=O) groups is 3. The Hall–Kier alpha value is -2.15. The Morgan fingerprint density at radius 1 is 1.32 bits per heavy atom. The molecule has 2 N–H and O–H groups in total. The number of benzene rings is 1. The van der Waals surface area contributed by atoms with Crippen molar-refractivity contribution in [2.24, 2.45) is 0 Å². The monoisotopic (exact) mass is 369 g/mol. The van der Waals surface area contributed by atoms with E-state index in [9.17, 15) is 18.8 Å². The number of hydrogen-bond donors (Lipinski definition) is 2. The van der Waals surface area contributed by atoms with Gasteiger partial charge in [-0.15, -0.1) is 0 Å². The van der Waals surface area contributed by atoms with E-state index in [2.05, 4.69) is 10.6 Å². The number of carbonyl (C=O) groups excluding carboxylic acids is 3. The number of amides is 3. The summed E-state index contributed by atoms with van der Waals surface area (Å²) in [5, 5.41) is 5.65. The second-order valence-corrected chi connectivity index (χ2v) is 6.28. The van der Waals surface area contributed by atoms with Gasteiger partial charge in [0.25, 0.3) is 5.91 Å². The molecule has 1 saturated heterocycles. The van der Waals surface area contributed by atoms with Crippen LogP contribution in [0.3, 0.4) is 0 Å². The van der Waals surface area contributed by atoms with Crippen molar-refractivity contribution in [2.75, 3.05) is 13.1 Å². The molecule has 136 valence electrons. The molecule has 0 aromatic heterocycles. The van der Waals surface area contributed by atoms with Crippen molar-refractivity contribution in [3.63, 3.8) is 0 Å². The molecule has 0 radical (unpaired) electrons. The molecule has 0 spiro atoms. The molecule has 25 heavy (non-hydrogen) atoms. The van der Waals surface area contributed by atoms with Crippen molar-refractivity contribution in [3.05, 3.63) is 34.6 Å². The van der Waals surface area contributed by atoms with Crippen LogP contribution in [0.25, 0.3) is 0 Å². The number of nitrogens with zero attached hydrogens (tertiary/aromatic N) is 1. The summed E-state index contributed by atoms with van der Waals surface area (Å²) in [5.41, 5.74) is -0.152. The Morgan fingerprint density at radius 3 is 2.64 bits per heavy atom. The fourth-order valence-corrected chi connectivity index (χ4v) is 3.01. The first-order valence-electron chi connectivity index (χ1n) is 8.20. The molecule has 2 unspecified atom stereocenters. The molecule has 1 aromatic rings. The third-order valence-electron chi connectivity index (χ3n) is 4.06. The van der Waals surface area contributed by atoms with E-state index in [1.54, 1.807) is 13.8 Å². The maximum Gasteiger partial charge on any atom is 0.257 e. The van der Waals surface area contributed by atoms with Crippen LogP contribution in [0.5, 0.6) is 0 Å². The van der Waals surface area contributed by atoms with Crippen LogP contribution >= 0.6 is 11.6 Å². The van der Waals surface area contributed by atoms with Crippen LogP contribution in [0.1, 0.15) is 37.0 Å². The van der Waals surface area contributed by atoms with Gasteiger partial charge in [0.15, 0.2) is 0 Å². The molecule has 1 aliphatic rings. The van der Waals surface area contributed by atoms with Crippen LogP contribution in [-0.2, 0) is 9.59 Å². The van der Waals surface area contributed by atoms with Crippen LogP contribution in [-0.4, -0.2) is 47.8 Å². The summed E-state index contributed by atoms with van der Waals surface area (Å²) < 4.78 is 14.1. The van der Waals surface area contributed by atoms with E-state index in [1.807, 2.05) is 0 Å². The normalized spacial score (nSPS) is 19.6. The van der Waals surface area contributed by atoms with Crippen LogP contribution < -0.4 is 10.6 Å². The number of hydrogen-bond acceptors (Lipinski definition) is 3. The van der Waals surface area contributed by atoms with Gasteiger partial charge in [-0.1, -0.05) is 18.5 Å². The van der Waals surface area contributed by atoms with E-state index in [-0.39, 0.29) is 35.0 Å². The maximum absolute atomic E-state index is 14.1. The molecule has 3 amide bonds. The van der Waals surface area contributed by atoms with Crippen LogP contribution in [0.15, 0.2) is 18.2 Å². The van der Waals surface area contributed by atoms with Gasteiger partial charge in [-0.3, -0.25) is 14.4 Å². The average Bonchev–Trinajstić information content (AvgIpc) is 2.98. The lowest BCUT2D eigenvalue weighted by Gasteiger charge is -2.24. The summed E-state index contributed by atoms with van der Waals surface area (Å²) in [6, 6.07) is 2.67. The highest BCUT2D eigenvalue weighted by atomic mass is 35.5. The number of likely N-dealkylation sites (N-methyl/N-ethyl adjacent to an activating group) is 1. The Balaban J connectivity index is 2.25. The van der Waals surface area contributed by atoms with Gasteiger partial charge >= 0.3 is 0 Å². The van der Waals surface area contributed by atoms with Crippen LogP contribution in [0.2, 0.25) is 5.02 Å². The first-order chi connectivity index (χ1) is 11.9. The molecule has 0 aliphatic carbocycles. The van der Waals surface area contributed by atoms with E-state index in [0.717, 1.165) is 6.07 Å². The molecule has 6 nitrogen and oxygen atoms in total. The van der Waals surface area contributed by atoms with Gasteiger partial charge in [-0.25, -0.2) is 4.39 Å². The smallest absolute Gasteiger partial charge is 0.257 e. The minimum atomic E-state index is -0.760. The van der Waals surface area contributed by atoms with E-state index in [4.69, 9.17) is 11.6 Å². The zero-order valence-corrected chi connectivity index (χ0v) is 14.9. The minimum Gasteiger partial charge on any atom is -0.355 e. The third kappa shape index (κ3) is 4.48. The van der Waals surface area contributed by atoms with Gasteiger partial charge in [0.1, 0.15) is 11.9 Å². The molecule has 0 bridgehead atoms. The van der Waals surface area contributed by atoms with E-state index in [0.29, 0.717) is 19.4 Å². The van der Waals surface area contributed by atoms with Gasteiger partial charge in [-0.2, -0.15) is 0 Å². The zero-order chi connectivity index (χ0) is 18.6. The Bertz CT molecular complexity index is 683. The highest BCUT2D eigenvalue weighted by Crippen LogP contribution is 2.23. The summed E-state index contributed by atoms with van der Waals surface area (Å²) in [4.78, 5) is 38.0. The Kier molecular flexibility index (Phi) is 6.36. The second-order valence-electron chi connectivity index (χ2n) is 5.85.